The summed E-state index contributed by atoms with van der Waals surface area (Å²) in [5.74, 6) is 1.17. The molecule has 9 heteroatoms. The predicted molar refractivity (Wildman–Crippen MR) is 146 cm³/mol. The summed E-state index contributed by atoms with van der Waals surface area (Å²) >= 11 is 1.42. The van der Waals surface area contributed by atoms with Gasteiger partial charge in [-0.25, -0.2) is 4.98 Å². The third-order valence-corrected chi connectivity index (χ3v) is 8.25. The van der Waals surface area contributed by atoms with Crippen LogP contribution in [-0.4, -0.2) is 40.8 Å². The molecular formula is C28H26N5O3S. The highest BCUT2D eigenvalue weighted by molar-refractivity contribution is 7.17. The van der Waals surface area contributed by atoms with Crippen LogP contribution in [-0.2, 0) is 4.74 Å². The van der Waals surface area contributed by atoms with Gasteiger partial charge in [-0.15, -0.1) is 11.3 Å². The molecule has 37 heavy (non-hydrogen) atoms. The van der Waals surface area contributed by atoms with E-state index in [1.807, 2.05) is 41.9 Å². The van der Waals surface area contributed by atoms with Crippen LogP contribution in [0.25, 0.3) is 32.4 Å². The van der Waals surface area contributed by atoms with Gasteiger partial charge < -0.3 is 23.9 Å². The Morgan fingerprint density at radius 3 is 2.73 bits per heavy atom. The quantitative estimate of drug-likeness (QED) is 0.320. The summed E-state index contributed by atoms with van der Waals surface area (Å²) < 4.78 is 14.5. The van der Waals surface area contributed by atoms with Crippen LogP contribution in [0.4, 0.5) is 17.5 Å². The van der Waals surface area contributed by atoms with Crippen LogP contribution in [0.2, 0.25) is 0 Å². The Kier molecular flexibility index (Phi) is 5.67. The summed E-state index contributed by atoms with van der Waals surface area (Å²) in [6.07, 6.45) is 10.1. The van der Waals surface area contributed by atoms with Crippen molar-refractivity contribution in [3.05, 3.63) is 64.4 Å². The first-order chi connectivity index (χ1) is 18.2. The van der Waals surface area contributed by atoms with Crippen LogP contribution in [0.1, 0.15) is 31.7 Å². The van der Waals surface area contributed by atoms with Gasteiger partial charge in [0.15, 0.2) is 11.5 Å². The molecule has 1 aliphatic carbocycles. The minimum atomic E-state index is -0.00980. The van der Waals surface area contributed by atoms with Crippen LogP contribution in [0.3, 0.4) is 0 Å². The Balaban J connectivity index is 1.16. The highest BCUT2D eigenvalue weighted by Crippen LogP contribution is 2.36. The molecule has 187 valence electrons. The normalized spacial score (nSPS) is 16.7. The van der Waals surface area contributed by atoms with E-state index in [9.17, 15) is 4.79 Å². The van der Waals surface area contributed by atoms with Crippen LogP contribution >= 0.6 is 11.3 Å². The molecule has 8 nitrogen and oxygen atoms in total. The number of morpholine rings is 1. The first-order valence-electron chi connectivity index (χ1n) is 12.7. The van der Waals surface area contributed by atoms with Crippen molar-refractivity contribution in [3.63, 3.8) is 0 Å². The van der Waals surface area contributed by atoms with Gasteiger partial charge >= 0.3 is 0 Å². The van der Waals surface area contributed by atoms with Gasteiger partial charge in [-0.3, -0.25) is 4.79 Å². The molecule has 1 aromatic carbocycles. The number of thiophene rings is 1. The zero-order chi connectivity index (χ0) is 24.8. The van der Waals surface area contributed by atoms with Crippen molar-refractivity contribution in [2.45, 2.75) is 31.7 Å². The molecule has 0 amide bonds. The lowest BCUT2D eigenvalue weighted by Gasteiger charge is -2.27. The highest BCUT2D eigenvalue weighted by Gasteiger charge is 2.20. The molecular weight excluding hydrogens is 486 g/mol. The second-order valence-electron chi connectivity index (χ2n) is 9.61. The molecule has 5 heterocycles. The van der Waals surface area contributed by atoms with E-state index in [0.29, 0.717) is 54.5 Å². The Labute approximate surface area is 217 Å². The molecule has 2 fully saturated rings. The molecule has 2 aliphatic rings. The van der Waals surface area contributed by atoms with Gasteiger partial charge in [-0.05, 0) is 36.6 Å². The maximum atomic E-state index is 12.8. The van der Waals surface area contributed by atoms with Crippen molar-refractivity contribution in [2.24, 2.45) is 0 Å². The SMILES string of the molecule is O=c1cc(N2CCOCC2)oc2c(-c3ccc(Nc4ncc5c[c]n(C6CCCC6)c5n4)cc3)csc12. The van der Waals surface area contributed by atoms with E-state index in [1.54, 1.807) is 6.07 Å². The van der Waals surface area contributed by atoms with Gasteiger partial charge in [-0.2, -0.15) is 4.98 Å². The Morgan fingerprint density at radius 2 is 1.92 bits per heavy atom. The Morgan fingerprint density at radius 1 is 1.11 bits per heavy atom. The minimum Gasteiger partial charge on any atom is -0.439 e. The predicted octanol–water partition coefficient (Wildman–Crippen LogP) is 5.76. The molecule has 1 radical (unpaired) electrons. The first kappa shape index (κ1) is 22.5. The number of nitrogens with one attached hydrogen (secondary N) is 1. The zero-order valence-electron chi connectivity index (χ0n) is 20.3. The summed E-state index contributed by atoms with van der Waals surface area (Å²) in [4.78, 5) is 24.2. The Hall–Kier alpha value is -3.69. The smallest absolute Gasteiger partial charge is 0.229 e. The third-order valence-electron chi connectivity index (χ3n) is 7.28. The van der Waals surface area contributed by atoms with Crippen LogP contribution in [0, 0.1) is 6.20 Å². The lowest BCUT2D eigenvalue weighted by molar-refractivity contribution is 0.121. The van der Waals surface area contributed by atoms with E-state index in [4.69, 9.17) is 14.1 Å². The molecule has 1 saturated heterocycles. The summed E-state index contributed by atoms with van der Waals surface area (Å²) in [6, 6.07) is 12.1. The van der Waals surface area contributed by atoms with Crippen LogP contribution in [0.15, 0.2) is 57.2 Å². The van der Waals surface area contributed by atoms with E-state index >= 15 is 0 Å². The maximum absolute atomic E-state index is 12.8. The second kappa shape index (κ2) is 9.32. The second-order valence-corrected chi connectivity index (χ2v) is 10.5. The van der Waals surface area contributed by atoms with E-state index in [-0.39, 0.29) is 5.43 Å². The fraction of sp³-hybridized carbons (Fsp3) is 0.321. The van der Waals surface area contributed by atoms with Crippen molar-refractivity contribution in [1.29, 1.82) is 0 Å². The van der Waals surface area contributed by atoms with Gasteiger partial charge in [0, 0.05) is 53.4 Å². The number of hydrogen-bond donors (Lipinski definition) is 1. The number of aromatic nitrogens is 3. The fourth-order valence-electron chi connectivity index (χ4n) is 5.31. The minimum absolute atomic E-state index is 0.00980. The number of fused-ring (bicyclic) bond motifs is 2. The monoisotopic (exact) mass is 512 g/mol. The van der Waals surface area contributed by atoms with E-state index in [0.717, 1.165) is 27.8 Å². The number of ether oxygens (including phenoxy) is 1. The maximum Gasteiger partial charge on any atom is 0.229 e. The van der Waals surface area contributed by atoms with Gasteiger partial charge in [0.25, 0.3) is 0 Å². The molecule has 0 unspecified atom stereocenters. The fourth-order valence-corrected chi connectivity index (χ4v) is 6.22. The Bertz CT molecular complexity index is 1630. The molecule has 7 rings (SSSR count). The summed E-state index contributed by atoms with van der Waals surface area (Å²) in [6.45, 7) is 2.69. The van der Waals surface area contributed by atoms with E-state index < -0.39 is 0 Å². The molecule has 5 aromatic rings. The van der Waals surface area contributed by atoms with E-state index in [1.165, 1.54) is 37.0 Å². The standard InChI is InChI=1S/C28H26N5O3S/c34-23-15-24(32-11-13-35-14-12-32)36-25-22(17-37-26(23)25)18-5-7-20(8-6-18)30-28-29-16-19-9-10-33(27(19)31-28)21-3-1-2-4-21/h5-9,15-17,21H,1-4,11-14H2,(H,29,30,31). The lowest BCUT2D eigenvalue weighted by Crippen LogP contribution is -2.36. The first-order valence-corrected chi connectivity index (χ1v) is 13.6. The van der Waals surface area contributed by atoms with Gasteiger partial charge in [0.05, 0.1) is 19.4 Å². The van der Waals surface area contributed by atoms with Gasteiger partial charge in [-0.1, -0.05) is 25.0 Å². The van der Waals surface area contributed by atoms with Crippen molar-refractivity contribution in [1.82, 2.24) is 14.5 Å². The van der Waals surface area contributed by atoms with E-state index in [2.05, 4.69) is 26.0 Å². The average Bonchev–Trinajstić information content (AvgIpc) is 3.69. The van der Waals surface area contributed by atoms with Crippen molar-refractivity contribution in [2.75, 3.05) is 36.5 Å². The highest BCUT2D eigenvalue weighted by atomic mass is 32.1. The zero-order valence-corrected chi connectivity index (χ0v) is 21.1. The van der Waals surface area contributed by atoms with Gasteiger partial charge in [0.2, 0.25) is 11.4 Å². The van der Waals surface area contributed by atoms with Gasteiger partial charge in [0.1, 0.15) is 10.3 Å². The van der Waals surface area contributed by atoms with Crippen LogP contribution in [0.5, 0.6) is 0 Å². The molecule has 1 saturated carbocycles. The van der Waals surface area contributed by atoms with Crippen LogP contribution < -0.4 is 15.6 Å². The lowest BCUT2D eigenvalue weighted by atomic mass is 10.1. The number of nitrogens with zero attached hydrogens (tertiary/aromatic N) is 4. The molecule has 0 atom stereocenters. The molecule has 1 aliphatic heterocycles. The molecule has 0 bridgehead atoms. The third kappa shape index (κ3) is 4.18. The number of hydrogen-bond acceptors (Lipinski definition) is 8. The van der Waals surface area contributed by atoms with Crippen molar-refractivity contribution >= 4 is 50.2 Å². The molecule has 4 aromatic heterocycles. The number of rotatable bonds is 5. The largest absolute Gasteiger partial charge is 0.439 e. The summed E-state index contributed by atoms with van der Waals surface area (Å²) in [5, 5.41) is 6.34. The van der Waals surface area contributed by atoms with Crippen molar-refractivity contribution in [3.8, 4) is 11.1 Å². The number of anilines is 3. The average molecular weight is 513 g/mol. The topological polar surface area (TPSA) is 85.4 Å². The van der Waals surface area contributed by atoms with Crippen molar-refractivity contribution < 1.29 is 9.15 Å². The summed E-state index contributed by atoms with van der Waals surface area (Å²) in [7, 11) is 0. The number of benzene rings is 1. The summed E-state index contributed by atoms with van der Waals surface area (Å²) in [5.41, 5.74) is 4.35. The molecule has 0 spiro atoms. The molecule has 1 N–H and O–H groups in total.